The SMILES string of the molecule is N#Cc1ccccc1OCc1ccc(CCC=O)c(C(=O)NCc2cccc3ccccc23)c1. The van der Waals surface area contributed by atoms with Gasteiger partial charge in [0.05, 0.1) is 5.56 Å². The van der Waals surface area contributed by atoms with Gasteiger partial charge in [-0.05, 0) is 52.1 Å². The van der Waals surface area contributed by atoms with Crippen LogP contribution in [0.2, 0.25) is 0 Å². The van der Waals surface area contributed by atoms with Crippen LogP contribution in [0.25, 0.3) is 10.8 Å². The molecule has 0 aromatic heterocycles. The van der Waals surface area contributed by atoms with Crippen molar-refractivity contribution in [2.24, 2.45) is 0 Å². The second kappa shape index (κ2) is 10.9. The van der Waals surface area contributed by atoms with Crippen molar-refractivity contribution in [1.29, 1.82) is 5.26 Å². The van der Waals surface area contributed by atoms with E-state index in [1.54, 1.807) is 24.3 Å². The summed E-state index contributed by atoms with van der Waals surface area (Å²) >= 11 is 0. The van der Waals surface area contributed by atoms with E-state index >= 15 is 0 Å². The van der Waals surface area contributed by atoms with Crippen LogP contribution in [0.4, 0.5) is 0 Å². The van der Waals surface area contributed by atoms with Gasteiger partial charge in [-0.25, -0.2) is 0 Å². The molecule has 0 bridgehead atoms. The fourth-order valence-electron chi connectivity index (χ4n) is 3.92. The van der Waals surface area contributed by atoms with E-state index in [0.29, 0.717) is 36.3 Å². The lowest BCUT2D eigenvalue weighted by Crippen LogP contribution is -2.24. The Labute approximate surface area is 198 Å². The highest BCUT2D eigenvalue weighted by molar-refractivity contribution is 5.96. The van der Waals surface area contributed by atoms with E-state index in [-0.39, 0.29) is 12.5 Å². The summed E-state index contributed by atoms with van der Waals surface area (Å²) in [7, 11) is 0. The largest absolute Gasteiger partial charge is 0.488 e. The van der Waals surface area contributed by atoms with Crippen molar-refractivity contribution in [1.82, 2.24) is 5.32 Å². The Kier molecular flexibility index (Phi) is 7.32. The molecule has 0 aliphatic carbocycles. The number of hydrogen-bond acceptors (Lipinski definition) is 4. The highest BCUT2D eigenvalue weighted by Crippen LogP contribution is 2.21. The van der Waals surface area contributed by atoms with Crippen molar-refractivity contribution >= 4 is 23.0 Å². The number of ether oxygens (including phenoxy) is 1. The number of nitrogens with zero attached hydrogens (tertiary/aromatic N) is 1. The molecule has 5 heteroatoms. The van der Waals surface area contributed by atoms with Crippen LogP contribution in [0.1, 0.15) is 39.0 Å². The monoisotopic (exact) mass is 448 g/mol. The van der Waals surface area contributed by atoms with Crippen molar-refractivity contribution in [3.63, 3.8) is 0 Å². The number of rotatable bonds is 9. The Balaban J connectivity index is 1.53. The smallest absolute Gasteiger partial charge is 0.251 e. The number of aryl methyl sites for hydroxylation is 1. The number of nitriles is 1. The molecule has 0 saturated carbocycles. The maximum atomic E-state index is 13.2. The van der Waals surface area contributed by atoms with E-state index in [2.05, 4.69) is 11.4 Å². The van der Waals surface area contributed by atoms with Crippen LogP contribution < -0.4 is 10.1 Å². The fourth-order valence-corrected chi connectivity index (χ4v) is 3.92. The molecule has 0 heterocycles. The predicted octanol–water partition coefficient (Wildman–Crippen LogP) is 5.35. The van der Waals surface area contributed by atoms with Crippen molar-refractivity contribution in [2.75, 3.05) is 0 Å². The number of benzene rings is 4. The highest BCUT2D eigenvalue weighted by Gasteiger charge is 2.14. The first-order chi connectivity index (χ1) is 16.7. The maximum Gasteiger partial charge on any atom is 0.251 e. The highest BCUT2D eigenvalue weighted by atomic mass is 16.5. The number of para-hydroxylation sites is 1. The summed E-state index contributed by atoms with van der Waals surface area (Å²) in [6.07, 6.45) is 1.68. The third kappa shape index (κ3) is 5.31. The van der Waals surface area contributed by atoms with Crippen LogP contribution >= 0.6 is 0 Å². The number of amides is 1. The maximum absolute atomic E-state index is 13.2. The van der Waals surface area contributed by atoms with Gasteiger partial charge >= 0.3 is 0 Å². The average Bonchev–Trinajstić information content (AvgIpc) is 2.89. The molecule has 0 spiro atoms. The standard InChI is InChI=1S/C29H24N2O3/c30-18-24-8-2-4-13-28(24)34-20-21-14-15-23(11-6-16-32)27(17-21)29(33)31-19-25-10-5-9-22-7-1-3-12-26(22)25/h1-5,7-10,12-17H,6,11,19-20H2,(H,31,33). The number of carbonyl (C=O) groups is 2. The van der Waals surface area contributed by atoms with E-state index in [4.69, 9.17) is 4.74 Å². The van der Waals surface area contributed by atoms with Crippen LogP contribution in [0, 0.1) is 11.3 Å². The molecule has 0 aliphatic rings. The first-order valence-electron chi connectivity index (χ1n) is 11.1. The third-order valence-corrected chi connectivity index (χ3v) is 5.67. The topological polar surface area (TPSA) is 79.2 Å². The molecule has 1 amide bonds. The summed E-state index contributed by atoms with van der Waals surface area (Å²) in [6.45, 7) is 0.611. The van der Waals surface area contributed by atoms with E-state index in [1.807, 2.05) is 60.7 Å². The Bertz CT molecular complexity index is 1370. The molecule has 4 aromatic rings. The Morgan fingerprint density at radius 2 is 1.74 bits per heavy atom. The molecule has 0 aliphatic heterocycles. The number of hydrogen-bond donors (Lipinski definition) is 1. The summed E-state index contributed by atoms with van der Waals surface area (Å²) in [6, 6.07) is 28.8. The molecule has 5 nitrogen and oxygen atoms in total. The Morgan fingerprint density at radius 1 is 0.941 bits per heavy atom. The molecule has 168 valence electrons. The van der Waals surface area contributed by atoms with Gasteiger partial charge in [-0.15, -0.1) is 0 Å². The lowest BCUT2D eigenvalue weighted by atomic mass is 9.99. The number of carbonyl (C=O) groups excluding carboxylic acids is 2. The molecular formula is C29H24N2O3. The number of aldehydes is 1. The van der Waals surface area contributed by atoms with Crippen molar-refractivity contribution in [2.45, 2.75) is 26.0 Å². The van der Waals surface area contributed by atoms with Gasteiger partial charge in [-0.2, -0.15) is 5.26 Å². The summed E-state index contributed by atoms with van der Waals surface area (Å²) in [5, 5.41) is 14.5. The van der Waals surface area contributed by atoms with Gasteiger partial charge in [-0.1, -0.05) is 66.7 Å². The lowest BCUT2D eigenvalue weighted by Gasteiger charge is -2.14. The molecule has 34 heavy (non-hydrogen) atoms. The lowest BCUT2D eigenvalue weighted by molar-refractivity contribution is -0.107. The van der Waals surface area contributed by atoms with Crippen LogP contribution in [0.15, 0.2) is 84.9 Å². The van der Waals surface area contributed by atoms with E-state index in [1.165, 1.54) is 0 Å². The molecule has 0 fully saturated rings. The zero-order chi connectivity index (χ0) is 23.8. The molecule has 4 rings (SSSR count). The molecule has 0 saturated heterocycles. The summed E-state index contributed by atoms with van der Waals surface area (Å²) in [4.78, 5) is 24.1. The van der Waals surface area contributed by atoms with Gasteiger partial charge in [0.1, 0.15) is 24.7 Å². The van der Waals surface area contributed by atoms with Crippen LogP contribution in [0.3, 0.4) is 0 Å². The summed E-state index contributed by atoms with van der Waals surface area (Å²) in [5.74, 6) is 0.296. The average molecular weight is 449 g/mol. The summed E-state index contributed by atoms with van der Waals surface area (Å²) < 4.78 is 5.84. The first-order valence-corrected chi connectivity index (χ1v) is 11.1. The van der Waals surface area contributed by atoms with E-state index in [9.17, 15) is 14.9 Å². The Hall–Kier alpha value is -4.43. The van der Waals surface area contributed by atoms with Crippen molar-refractivity contribution in [3.05, 3.63) is 113 Å². The minimum absolute atomic E-state index is 0.201. The first kappa shape index (κ1) is 22.8. The number of nitrogens with one attached hydrogen (secondary N) is 1. The zero-order valence-electron chi connectivity index (χ0n) is 18.7. The molecule has 1 N–H and O–H groups in total. The molecule has 4 aromatic carbocycles. The van der Waals surface area contributed by atoms with Gasteiger partial charge in [0.25, 0.3) is 5.91 Å². The normalized spacial score (nSPS) is 10.4. The van der Waals surface area contributed by atoms with Gasteiger partial charge in [-0.3, -0.25) is 4.79 Å². The second-order valence-corrected chi connectivity index (χ2v) is 7.91. The van der Waals surface area contributed by atoms with Gasteiger partial charge in [0.2, 0.25) is 0 Å². The van der Waals surface area contributed by atoms with Crippen molar-refractivity contribution in [3.8, 4) is 11.8 Å². The van der Waals surface area contributed by atoms with Gasteiger partial charge in [0.15, 0.2) is 0 Å². The minimum Gasteiger partial charge on any atom is -0.488 e. The Morgan fingerprint density at radius 3 is 2.59 bits per heavy atom. The molecule has 0 radical (unpaired) electrons. The number of fused-ring (bicyclic) bond motifs is 1. The molecule has 0 unspecified atom stereocenters. The fraction of sp³-hybridized carbons (Fsp3) is 0.138. The predicted molar refractivity (Wildman–Crippen MR) is 131 cm³/mol. The van der Waals surface area contributed by atoms with Gasteiger partial charge < -0.3 is 14.8 Å². The van der Waals surface area contributed by atoms with Crippen LogP contribution in [-0.4, -0.2) is 12.2 Å². The summed E-state index contributed by atoms with van der Waals surface area (Å²) in [5.41, 5.74) is 3.63. The third-order valence-electron chi connectivity index (χ3n) is 5.67. The molecular weight excluding hydrogens is 424 g/mol. The molecule has 0 atom stereocenters. The van der Waals surface area contributed by atoms with E-state index < -0.39 is 0 Å². The van der Waals surface area contributed by atoms with Gasteiger partial charge in [0, 0.05) is 18.5 Å². The second-order valence-electron chi connectivity index (χ2n) is 7.91. The van der Waals surface area contributed by atoms with Crippen LogP contribution in [0.5, 0.6) is 5.75 Å². The van der Waals surface area contributed by atoms with Crippen LogP contribution in [-0.2, 0) is 24.4 Å². The zero-order valence-corrected chi connectivity index (χ0v) is 18.7. The minimum atomic E-state index is -0.201. The van der Waals surface area contributed by atoms with E-state index in [0.717, 1.165) is 33.7 Å². The van der Waals surface area contributed by atoms with Crippen molar-refractivity contribution < 1.29 is 14.3 Å². The quantitative estimate of drug-likeness (QED) is 0.350.